The molecule has 17 heteroatoms. The van der Waals surface area contributed by atoms with Gasteiger partial charge in [0.2, 0.25) is 5.91 Å². The molecule has 4 aliphatic heterocycles. The van der Waals surface area contributed by atoms with Crippen LogP contribution in [0.3, 0.4) is 0 Å². The fraction of sp³-hybridized carbons (Fsp3) is 0.533. The molecule has 0 unspecified atom stereocenters. The monoisotopic (exact) mass is 1090 g/mol. The maximum Gasteiger partial charge on any atom is 0.340 e. The molecule has 15 nitrogen and oxygen atoms in total. The van der Waals surface area contributed by atoms with Crippen LogP contribution in [-0.2, 0) is 37.4 Å². The Morgan fingerprint density at radius 3 is 2.61 bits per heavy atom. The molecule has 410 valence electrons. The summed E-state index contributed by atoms with van der Waals surface area (Å²) in [6, 6.07) is 15.0. The standard InChI is InChI=1S/C60H72N4O11S2/c1-4-34(16-19-65)56(71)75-58(2)40(31-67)22-38-32-76-77-49-25-43-46(69)15-14-45-52(54(43)62-3)55(49)64(45)51(70)24-37-29-63-50(61)26-42(37)53(38)60(58)28-36-21-35-23-44(57(72)73-47(35)27-48(36)74-60)59(17-8-9-18-59)39(30-66)12-13-41(68)20-33-10-6-5-7-11-33/h4-7,10-11,14-15,21-23,26-27,39-41,43,45,49,52-55,62-63,65-68H,8-9,12-13,16-20,24-25,28-32,61H2,1-3H3/b34-4+/t39-,40+,41-,43+,45-,49-,52-,53-,54+,55+,58+,60+/m0/s1. The van der Waals surface area contributed by atoms with Crippen molar-refractivity contribution in [1.82, 2.24) is 15.5 Å². The third kappa shape index (κ3) is 9.13. The Balaban J connectivity index is 1.02. The molecule has 11 rings (SSSR count). The first-order valence-corrected chi connectivity index (χ1v) is 29.9. The lowest BCUT2D eigenvalue weighted by atomic mass is 9.57. The van der Waals surface area contributed by atoms with Gasteiger partial charge in [-0.05, 0) is 112 Å². The normalized spacial score (nSPS) is 32.0. The Kier molecular flexibility index (Phi) is 15.0. The predicted molar refractivity (Wildman–Crippen MR) is 297 cm³/mol. The molecule has 12 atom stereocenters. The lowest BCUT2D eigenvalue weighted by Crippen LogP contribution is -2.75. The molecule has 8 aliphatic rings. The molecule has 2 bridgehead atoms. The SMILES string of the molecule is C/C=C(\CCO)C(=O)O[C@]1(C)[C@@H](CO)C=C2CSS[C@H]3C[C@@H]4C(=O)C=C[C@H]5[C@@H]([C@@H]4NC)[C@@H]3N5C(=O)CC3=C(C=C(N)NC3)[C@H]2[C@]12Cc1cc3cc(C4([C@H](CO)CC[C@H](O)Cc5ccccc5)CCCC4)c(=O)oc3cc1O2. The number of fused-ring (bicyclic) bond motifs is 7. The first kappa shape index (κ1) is 53.8. The number of allylic oxidation sites excluding steroid dienone is 3. The number of carbonyl (C=O) groups is 3. The van der Waals surface area contributed by atoms with Crippen molar-refractivity contribution in [2.24, 2.45) is 35.3 Å². The van der Waals surface area contributed by atoms with Crippen LogP contribution in [-0.4, -0.2) is 123 Å². The summed E-state index contributed by atoms with van der Waals surface area (Å²) in [4.78, 5) is 59.9. The summed E-state index contributed by atoms with van der Waals surface area (Å²) in [5.41, 5.74) is 7.67. The van der Waals surface area contributed by atoms with E-state index in [9.17, 15) is 34.8 Å². The van der Waals surface area contributed by atoms with Crippen LogP contribution in [0.2, 0.25) is 0 Å². The number of nitrogens with one attached hydrogen (secondary N) is 2. The molecule has 2 saturated carbocycles. The third-order valence-electron chi connectivity index (χ3n) is 19.1. The number of aliphatic hydroxyl groups excluding tert-OH is 4. The fourth-order valence-electron chi connectivity index (χ4n) is 15.2. The van der Waals surface area contributed by atoms with Crippen LogP contribution in [0.25, 0.3) is 11.0 Å². The van der Waals surface area contributed by atoms with Gasteiger partial charge in [-0.1, -0.05) is 88.6 Å². The largest absolute Gasteiger partial charge is 0.481 e. The Bertz CT molecular complexity index is 3040. The lowest BCUT2D eigenvalue weighted by Gasteiger charge is -2.62. The number of aliphatic hydroxyl groups is 4. The van der Waals surface area contributed by atoms with Gasteiger partial charge in [-0.3, -0.25) is 9.59 Å². The topological polar surface area (TPSA) is 234 Å². The van der Waals surface area contributed by atoms with Crippen molar-refractivity contribution < 1.29 is 48.7 Å². The van der Waals surface area contributed by atoms with E-state index in [1.54, 1.807) is 53.7 Å². The molecular weight excluding hydrogens is 1020 g/mol. The van der Waals surface area contributed by atoms with E-state index in [0.29, 0.717) is 72.4 Å². The molecule has 1 aromatic heterocycles. The number of ether oxygens (including phenoxy) is 2. The van der Waals surface area contributed by atoms with Gasteiger partial charge in [0.15, 0.2) is 17.0 Å². The first-order chi connectivity index (χ1) is 37.2. The molecule has 4 aliphatic carbocycles. The number of esters is 1. The summed E-state index contributed by atoms with van der Waals surface area (Å²) in [7, 11) is 5.24. The fourth-order valence-corrected chi connectivity index (χ4v) is 18.3. The van der Waals surface area contributed by atoms with Gasteiger partial charge in [0.05, 0.1) is 43.0 Å². The number of amides is 1. The van der Waals surface area contributed by atoms with Gasteiger partial charge in [0.25, 0.3) is 0 Å². The summed E-state index contributed by atoms with van der Waals surface area (Å²) in [5, 5.41) is 51.3. The number of nitrogens with two attached hydrogens (primary N) is 1. The Hall–Kier alpha value is -5.14. The smallest absolute Gasteiger partial charge is 0.340 e. The highest BCUT2D eigenvalue weighted by atomic mass is 33.1. The number of rotatable bonds is 14. The Labute approximate surface area is 457 Å². The molecule has 1 spiro atoms. The average molecular weight is 1090 g/mol. The molecule has 3 fully saturated rings. The summed E-state index contributed by atoms with van der Waals surface area (Å²) < 4.78 is 20.7. The number of nitrogens with zero attached hydrogens (tertiary/aromatic N) is 1. The van der Waals surface area contributed by atoms with Crippen LogP contribution in [0.5, 0.6) is 5.75 Å². The maximum atomic E-state index is 15.1. The van der Waals surface area contributed by atoms with E-state index in [2.05, 4.69) is 10.6 Å². The zero-order valence-electron chi connectivity index (χ0n) is 44.1. The number of benzene rings is 2. The second-order valence-corrected chi connectivity index (χ2v) is 25.5. The van der Waals surface area contributed by atoms with Crippen LogP contribution in [0, 0.1) is 29.6 Å². The highest BCUT2D eigenvalue weighted by molar-refractivity contribution is 8.77. The lowest BCUT2D eigenvalue weighted by molar-refractivity contribution is -0.202. The molecule has 2 aromatic carbocycles. The van der Waals surface area contributed by atoms with Crippen molar-refractivity contribution in [3.05, 3.63) is 134 Å². The number of hydrogen-bond donors (Lipinski definition) is 7. The maximum absolute atomic E-state index is 15.1. The third-order valence-corrected chi connectivity index (χ3v) is 21.9. The van der Waals surface area contributed by atoms with E-state index < -0.39 is 52.8 Å². The van der Waals surface area contributed by atoms with E-state index >= 15 is 4.79 Å². The van der Waals surface area contributed by atoms with Crippen LogP contribution >= 0.6 is 21.6 Å². The molecule has 0 radical (unpaired) electrons. The number of carbonyl (C=O) groups excluding carboxylic acids is 3. The zero-order valence-corrected chi connectivity index (χ0v) is 45.7. The van der Waals surface area contributed by atoms with Gasteiger partial charge in [-0.15, -0.1) is 0 Å². The first-order valence-electron chi connectivity index (χ1n) is 27.6. The van der Waals surface area contributed by atoms with Crippen molar-refractivity contribution in [3.63, 3.8) is 0 Å². The molecular formula is C60H72N4O11S2. The van der Waals surface area contributed by atoms with E-state index in [1.807, 2.05) is 72.6 Å². The van der Waals surface area contributed by atoms with E-state index in [4.69, 9.17) is 19.6 Å². The molecule has 8 N–H and O–H groups in total. The van der Waals surface area contributed by atoms with Gasteiger partial charge < -0.3 is 55.6 Å². The molecule has 1 amide bonds. The minimum atomic E-state index is -1.62. The number of hydrogen-bond acceptors (Lipinski definition) is 16. The number of ketones is 1. The van der Waals surface area contributed by atoms with Crippen molar-refractivity contribution in [2.45, 2.75) is 131 Å². The second-order valence-electron chi connectivity index (χ2n) is 22.9. The summed E-state index contributed by atoms with van der Waals surface area (Å²) >= 11 is 0. The molecule has 3 aromatic rings. The van der Waals surface area contributed by atoms with E-state index in [0.717, 1.165) is 40.7 Å². The van der Waals surface area contributed by atoms with Gasteiger partial charge in [-0.25, -0.2) is 9.59 Å². The van der Waals surface area contributed by atoms with Crippen LogP contribution in [0.4, 0.5) is 0 Å². The van der Waals surface area contributed by atoms with E-state index in [-0.39, 0.29) is 97.4 Å². The quantitative estimate of drug-likeness (QED) is 0.0329. The summed E-state index contributed by atoms with van der Waals surface area (Å²) in [6.45, 7) is 2.90. The minimum absolute atomic E-state index is 0.0398. The Morgan fingerprint density at radius 2 is 1.88 bits per heavy atom. The van der Waals surface area contributed by atoms with Crippen LogP contribution in [0.1, 0.15) is 88.3 Å². The highest BCUT2D eigenvalue weighted by Crippen LogP contribution is 2.60. The minimum Gasteiger partial charge on any atom is -0.481 e. The molecule has 77 heavy (non-hydrogen) atoms. The second kappa shape index (κ2) is 21.5. The zero-order chi connectivity index (χ0) is 54.0. The van der Waals surface area contributed by atoms with Gasteiger partial charge >= 0.3 is 11.6 Å². The number of dihydropyridines is 1. The van der Waals surface area contributed by atoms with Crippen LogP contribution in [0.15, 0.2) is 116 Å². The Morgan fingerprint density at radius 1 is 1.09 bits per heavy atom. The van der Waals surface area contributed by atoms with Crippen LogP contribution < -0.4 is 26.7 Å². The summed E-state index contributed by atoms with van der Waals surface area (Å²) in [6.07, 6.45) is 13.9. The van der Waals surface area contributed by atoms with Crippen molar-refractivity contribution in [1.29, 1.82) is 0 Å². The van der Waals surface area contributed by atoms with Gasteiger partial charge in [0, 0.05) is 95.4 Å². The summed E-state index contributed by atoms with van der Waals surface area (Å²) in [5.74, 6) is -1.42. The molecule has 1 saturated heterocycles. The van der Waals surface area contributed by atoms with Crippen molar-refractivity contribution in [3.8, 4) is 5.75 Å². The predicted octanol–water partition coefficient (Wildman–Crippen LogP) is 5.86. The molecule has 5 heterocycles. The average Bonchev–Trinajstić information content (AvgIpc) is 4.04. The highest BCUT2D eigenvalue weighted by Gasteiger charge is 2.68. The van der Waals surface area contributed by atoms with Gasteiger partial charge in [0.1, 0.15) is 11.3 Å². The van der Waals surface area contributed by atoms with Crippen molar-refractivity contribution >= 4 is 50.2 Å². The van der Waals surface area contributed by atoms with Crippen molar-refractivity contribution in [2.75, 3.05) is 39.2 Å². The van der Waals surface area contributed by atoms with Gasteiger partial charge in [-0.2, -0.15) is 0 Å². The van der Waals surface area contributed by atoms with E-state index in [1.165, 1.54) is 0 Å².